The molecule has 0 amide bonds. The van der Waals surface area contributed by atoms with Gasteiger partial charge in [0, 0.05) is 25.9 Å². The molecule has 1 aromatic rings. The lowest BCUT2D eigenvalue weighted by Crippen LogP contribution is -2.23. The number of anilines is 1. The minimum absolute atomic E-state index is 0.435. The molecule has 0 radical (unpaired) electrons. The summed E-state index contributed by atoms with van der Waals surface area (Å²) in [6.45, 7) is 1.61. The van der Waals surface area contributed by atoms with Crippen LogP contribution in [0, 0.1) is 6.92 Å². The summed E-state index contributed by atoms with van der Waals surface area (Å²) in [5, 5.41) is 0. The first-order valence-corrected chi connectivity index (χ1v) is 4.49. The van der Waals surface area contributed by atoms with Gasteiger partial charge in [0.25, 0.3) is 5.78 Å². The highest BCUT2D eigenvalue weighted by molar-refractivity contribution is 6.00. The lowest BCUT2D eigenvalue weighted by Gasteiger charge is -2.14. The molecule has 0 aliphatic heterocycles. The van der Waals surface area contributed by atoms with Crippen molar-refractivity contribution >= 4 is 11.6 Å². The Morgan fingerprint density at radius 3 is 2.31 bits per heavy atom. The monoisotopic (exact) mass is 232 g/mol. The van der Waals surface area contributed by atoms with E-state index in [1.807, 2.05) is 0 Å². The number of alkyl halides is 3. The molecule has 1 heterocycles. The second kappa shape index (κ2) is 4.11. The summed E-state index contributed by atoms with van der Waals surface area (Å²) in [4.78, 5) is 16.4. The minimum Gasteiger partial charge on any atom is -0.363 e. The van der Waals surface area contributed by atoms with Crippen molar-refractivity contribution in [2.24, 2.45) is 0 Å². The lowest BCUT2D eigenvalue weighted by atomic mass is 10.1. The van der Waals surface area contributed by atoms with Crippen molar-refractivity contribution < 1.29 is 18.0 Å². The molecule has 0 spiro atoms. The van der Waals surface area contributed by atoms with Gasteiger partial charge < -0.3 is 4.90 Å². The van der Waals surface area contributed by atoms with Crippen molar-refractivity contribution in [1.82, 2.24) is 4.98 Å². The first kappa shape index (κ1) is 12.5. The second-order valence-electron chi connectivity index (χ2n) is 3.59. The van der Waals surface area contributed by atoms with Crippen LogP contribution in [0.4, 0.5) is 19.0 Å². The molecule has 1 aromatic heterocycles. The van der Waals surface area contributed by atoms with E-state index in [0.717, 1.165) is 6.20 Å². The van der Waals surface area contributed by atoms with Crippen LogP contribution in [0.5, 0.6) is 0 Å². The number of hydrogen-bond acceptors (Lipinski definition) is 3. The predicted octanol–water partition coefficient (Wildman–Crippen LogP) is 2.20. The number of pyridine rings is 1. The molecule has 0 aliphatic rings. The van der Waals surface area contributed by atoms with E-state index in [-0.39, 0.29) is 0 Å². The number of ketones is 1. The molecular formula is C10H11F3N2O. The fourth-order valence-electron chi connectivity index (χ4n) is 1.32. The summed E-state index contributed by atoms with van der Waals surface area (Å²) < 4.78 is 36.4. The Morgan fingerprint density at radius 1 is 1.38 bits per heavy atom. The molecule has 0 bridgehead atoms. The van der Waals surface area contributed by atoms with Crippen LogP contribution in [0.2, 0.25) is 0 Å². The van der Waals surface area contributed by atoms with Gasteiger partial charge in [-0.1, -0.05) is 0 Å². The van der Waals surface area contributed by atoms with E-state index in [2.05, 4.69) is 4.98 Å². The molecule has 6 heteroatoms. The normalized spacial score (nSPS) is 11.4. The summed E-state index contributed by atoms with van der Waals surface area (Å²) >= 11 is 0. The maximum absolute atomic E-state index is 12.1. The number of halogens is 3. The van der Waals surface area contributed by atoms with Gasteiger partial charge in [-0.15, -0.1) is 0 Å². The van der Waals surface area contributed by atoms with Gasteiger partial charge in [-0.3, -0.25) is 4.79 Å². The van der Waals surface area contributed by atoms with Gasteiger partial charge in [0.15, 0.2) is 0 Å². The number of carbonyl (C=O) groups is 1. The molecule has 0 fully saturated rings. The Hall–Kier alpha value is -1.59. The molecule has 0 aromatic carbocycles. The SMILES string of the molecule is Cc1cc(C(=O)C(F)(F)F)cnc1N(C)C. The third-order valence-electron chi connectivity index (χ3n) is 1.99. The largest absolute Gasteiger partial charge is 0.454 e. The first-order chi connectivity index (χ1) is 7.23. The quantitative estimate of drug-likeness (QED) is 0.733. The number of rotatable bonds is 2. The molecule has 1 rings (SSSR count). The van der Waals surface area contributed by atoms with Crippen molar-refractivity contribution in [2.75, 3.05) is 19.0 Å². The number of nitrogens with zero attached hydrogens (tertiary/aromatic N) is 2. The van der Waals surface area contributed by atoms with Crippen molar-refractivity contribution in [3.05, 3.63) is 23.4 Å². The van der Waals surface area contributed by atoms with E-state index in [0.29, 0.717) is 11.4 Å². The zero-order valence-corrected chi connectivity index (χ0v) is 9.09. The molecule has 0 saturated heterocycles. The molecule has 88 valence electrons. The average molecular weight is 232 g/mol. The third-order valence-corrected chi connectivity index (χ3v) is 1.99. The van der Waals surface area contributed by atoms with E-state index in [9.17, 15) is 18.0 Å². The molecule has 3 nitrogen and oxygen atoms in total. The molecular weight excluding hydrogens is 221 g/mol. The number of aromatic nitrogens is 1. The van der Waals surface area contributed by atoms with E-state index in [4.69, 9.17) is 0 Å². The van der Waals surface area contributed by atoms with Crippen LogP contribution in [0.3, 0.4) is 0 Å². The summed E-state index contributed by atoms with van der Waals surface area (Å²) in [6, 6.07) is 1.19. The summed E-state index contributed by atoms with van der Waals surface area (Å²) in [5.74, 6) is -1.33. The van der Waals surface area contributed by atoms with Gasteiger partial charge in [0.1, 0.15) is 5.82 Å². The fourth-order valence-corrected chi connectivity index (χ4v) is 1.32. The Bertz CT molecular complexity index is 413. The van der Waals surface area contributed by atoms with Crippen LogP contribution in [0.15, 0.2) is 12.3 Å². The smallest absolute Gasteiger partial charge is 0.363 e. The van der Waals surface area contributed by atoms with E-state index < -0.39 is 17.5 Å². The molecule has 16 heavy (non-hydrogen) atoms. The van der Waals surface area contributed by atoms with Crippen LogP contribution in [0.1, 0.15) is 15.9 Å². The molecule has 0 atom stereocenters. The summed E-state index contributed by atoms with van der Waals surface area (Å²) in [7, 11) is 3.45. The number of aryl methyl sites for hydroxylation is 1. The van der Waals surface area contributed by atoms with Crippen molar-refractivity contribution in [3.63, 3.8) is 0 Å². The summed E-state index contributed by atoms with van der Waals surface area (Å²) in [5.41, 5.74) is 0.0932. The first-order valence-electron chi connectivity index (χ1n) is 4.49. The zero-order chi connectivity index (χ0) is 12.5. The van der Waals surface area contributed by atoms with Crippen LogP contribution < -0.4 is 4.90 Å². The molecule has 0 saturated carbocycles. The molecule has 0 N–H and O–H groups in total. The topological polar surface area (TPSA) is 33.2 Å². The van der Waals surface area contributed by atoms with Crippen LogP contribution in [-0.2, 0) is 0 Å². The highest BCUT2D eigenvalue weighted by Gasteiger charge is 2.39. The fraction of sp³-hybridized carbons (Fsp3) is 0.400. The summed E-state index contributed by atoms with van der Waals surface area (Å²) in [6.07, 6.45) is -3.91. The predicted molar refractivity (Wildman–Crippen MR) is 53.7 cm³/mol. The Balaban J connectivity index is 3.12. The average Bonchev–Trinajstić information content (AvgIpc) is 2.14. The van der Waals surface area contributed by atoms with E-state index in [1.165, 1.54) is 6.07 Å². The van der Waals surface area contributed by atoms with Crippen molar-refractivity contribution in [3.8, 4) is 0 Å². The molecule has 0 unspecified atom stereocenters. The number of Topliss-reactive ketones (excluding diaryl/α,β-unsaturated/α-hetero) is 1. The van der Waals surface area contributed by atoms with Gasteiger partial charge in [-0.2, -0.15) is 13.2 Å². The van der Waals surface area contributed by atoms with Gasteiger partial charge in [-0.25, -0.2) is 4.98 Å². The Kier molecular flexibility index (Phi) is 3.21. The third kappa shape index (κ3) is 2.50. The molecule has 0 aliphatic carbocycles. The van der Waals surface area contributed by atoms with E-state index >= 15 is 0 Å². The van der Waals surface area contributed by atoms with Crippen LogP contribution >= 0.6 is 0 Å². The highest BCUT2D eigenvalue weighted by atomic mass is 19.4. The Labute approximate surface area is 90.9 Å². The number of hydrogen-bond donors (Lipinski definition) is 0. The van der Waals surface area contributed by atoms with Crippen LogP contribution in [-0.4, -0.2) is 31.0 Å². The lowest BCUT2D eigenvalue weighted by molar-refractivity contribution is -0.0885. The Morgan fingerprint density at radius 2 is 1.94 bits per heavy atom. The maximum Gasteiger partial charge on any atom is 0.454 e. The standard InChI is InChI=1S/C10H11F3N2O/c1-6-4-7(8(16)10(11,12)13)5-14-9(6)15(2)3/h4-5H,1-3H3. The zero-order valence-electron chi connectivity index (χ0n) is 9.09. The maximum atomic E-state index is 12.1. The van der Waals surface area contributed by atoms with E-state index in [1.54, 1.807) is 25.9 Å². The van der Waals surface area contributed by atoms with Crippen molar-refractivity contribution in [2.45, 2.75) is 13.1 Å². The highest BCUT2D eigenvalue weighted by Crippen LogP contribution is 2.23. The van der Waals surface area contributed by atoms with Gasteiger partial charge in [0.05, 0.1) is 0 Å². The van der Waals surface area contributed by atoms with Gasteiger partial charge in [-0.05, 0) is 18.6 Å². The van der Waals surface area contributed by atoms with Crippen molar-refractivity contribution in [1.29, 1.82) is 0 Å². The van der Waals surface area contributed by atoms with Gasteiger partial charge >= 0.3 is 6.18 Å². The number of carbonyl (C=O) groups excluding carboxylic acids is 1. The minimum atomic E-state index is -4.85. The van der Waals surface area contributed by atoms with Gasteiger partial charge in [0.2, 0.25) is 0 Å². The van der Waals surface area contributed by atoms with Crippen LogP contribution in [0.25, 0.3) is 0 Å². The second-order valence-corrected chi connectivity index (χ2v) is 3.59.